The zero-order chi connectivity index (χ0) is 15.4. The molecule has 21 heavy (non-hydrogen) atoms. The Bertz CT molecular complexity index is 703. The van der Waals surface area contributed by atoms with Crippen LogP contribution in [0.25, 0.3) is 0 Å². The van der Waals surface area contributed by atoms with Crippen LogP contribution in [0.5, 0.6) is 0 Å². The highest BCUT2D eigenvalue weighted by Crippen LogP contribution is 2.12. The Balaban J connectivity index is 2.23. The number of esters is 1. The summed E-state index contributed by atoms with van der Waals surface area (Å²) in [5.41, 5.74) is 0.364. The summed E-state index contributed by atoms with van der Waals surface area (Å²) in [4.78, 5) is 23.3. The second-order valence-corrected chi connectivity index (χ2v) is 4.71. The van der Waals surface area contributed by atoms with E-state index in [1.807, 2.05) is 6.92 Å². The standard InChI is InChI=1S/C15H17FN2O3/c1-3-6-17-7-8-18(15(17)20)10-11-4-5-12(13(16)9-11)14(19)21-2/h4-5,7-9H,3,6,10H2,1-2H3. The molecule has 1 heterocycles. The second kappa shape index (κ2) is 6.39. The molecule has 0 aliphatic carbocycles. The maximum atomic E-state index is 13.8. The van der Waals surface area contributed by atoms with E-state index in [0.29, 0.717) is 12.1 Å². The fraction of sp³-hybridized carbons (Fsp3) is 0.333. The van der Waals surface area contributed by atoms with Gasteiger partial charge in [-0.05, 0) is 24.1 Å². The molecule has 0 spiro atoms. The molecule has 0 atom stereocenters. The average Bonchev–Trinajstić information content (AvgIpc) is 2.80. The normalized spacial score (nSPS) is 10.6. The Morgan fingerprint density at radius 3 is 2.62 bits per heavy atom. The van der Waals surface area contributed by atoms with Gasteiger partial charge in [0, 0.05) is 18.9 Å². The number of hydrogen-bond acceptors (Lipinski definition) is 3. The summed E-state index contributed by atoms with van der Waals surface area (Å²) >= 11 is 0. The molecule has 0 saturated carbocycles. The summed E-state index contributed by atoms with van der Waals surface area (Å²) in [5, 5.41) is 0. The quantitative estimate of drug-likeness (QED) is 0.792. The van der Waals surface area contributed by atoms with Crippen molar-refractivity contribution in [1.29, 1.82) is 0 Å². The first-order valence-electron chi connectivity index (χ1n) is 6.69. The minimum absolute atomic E-state index is 0.114. The molecule has 1 aromatic carbocycles. The zero-order valence-corrected chi connectivity index (χ0v) is 12.0. The van der Waals surface area contributed by atoms with Gasteiger partial charge in [0.25, 0.3) is 0 Å². The van der Waals surface area contributed by atoms with Crippen LogP contribution in [0.3, 0.4) is 0 Å². The maximum Gasteiger partial charge on any atom is 0.340 e. The van der Waals surface area contributed by atoms with Crippen molar-refractivity contribution >= 4 is 5.97 Å². The van der Waals surface area contributed by atoms with Crippen LogP contribution < -0.4 is 5.69 Å². The monoisotopic (exact) mass is 292 g/mol. The fourth-order valence-corrected chi connectivity index (χ4v) is 2.11. The number of hydrogen-bond donors (Lipinski definition) is 0. The van der Waals surface area contributed by atoms with Crippen molar-refractivity contribution in [2.24, 2.45) is 0 Å². The van der Waals surface area contributed by atoms with Crippen LogP contribution in [-0.4, -0.2) is 22.2 Å². The van der Waals surface area contributed by atoms with E-state index in [9.17, 15) is 14.0 Å². The van der Waals surface area contributed by atoms with Gasteiger partial charge in [0.15, 0.2) is 0 Å². The highest BCUT2D eigenvalue weighted by Gasteiger charge is 2.13. The molecule has 5 nitrogen and oxygen atoms in total. The van der Waals surface area contributed by atoms with Crippen LogP contribution in [-0.2, 0) is 17.8 Å². The van der Waals surface area contributed by atoms with E-state index in [1.165, 1.54) is 23.8 Å². The van der Waals surface area contributed by atoms with E-state index in [4.69, 9.17) is 0 Å². The number of nitrogens with zero attached hydrogens (tertiary/aromatic N) is 2. The number of carbonyl (C=O) groups excluding carboxylic acids is 1. The van der Waals surface area contributed by atoms with Crippen LogP contribution >= 0.6 is 0 Å². The first kappa shape index (κ1) is 15.0. The molecule has 0 fully saturated rings. The summed E-state index contributed by atoms with van der Waals surface area (Å²) in [5.74, 6) is -1.37. The molecule has 2 rings (SSSR count). The van der Waals surface area contributed by atoms with Crippen molar-refractivity contribution in [2.75, 3.05) is 7.11 Å². The molecule has 0 unspecified atom stereocenters. The molecule has 0 saturated heterocycles. The molecular formula is C15H17FN2O3. The van der Waals surface area contributed by atoms with Crippen molar-refractivity contribution in [1.82, 2.24) is 9.13 Å². The van der Waals surface area contributed by atoms with E-state index in [-0.39, 0.29) is 17.8 Å². The third kappa shape index (κ3) is 3.21. The Hall–Kier alpha value is -2.37. The lowest BCUT2D eigenvalue weighted by Gasteiger charge is -2.05. The molecule has 0 bridgehead atoms. The predicted molar refractivity (Wildman–Crippen MR) is 75.8 cm³/mol. The molecule has 0 amide bonds. The minimum atomic E-state index is -0.717. The van der Waals surface area contributed by atoms with Crippen LogP contribution in [0, 0.1) is 5.82 Å². The second-order valence-electron chi connectivity index (χ2n) is 4.71. The van der Waals surface area contributed by atoms with Gasteiger partial charge in [-0.15, -0.1) is 0 Å². The van der Waals surface area contributed by atoms with E-state index in [1.54, 1.807) is 23.0 Å². The molecule has 0 aliphatic rings. The third-order valence-electron chi connectivity index (χ3n) is 3.17. The number of imidazole rings is 1. The molecule has 0 aliphatic heterocycles. The number of aromatic nitrogens is 2. The number of benzene rings is 1. The highest BCUT2D eigenvalue weighted by atomic mass is 19.1. The molecule has 0 N–H and O–H groups in total. The number of methoxy groups -OCH3 is 1. The summed E-state index contributed by atoms with van der Waals surface area (Å²) in [6, 6.07) is 4.22. The Labute approximate surface area is 121 Å². The largest absolute Gasteiger partial charge is 0.465 e. The fourth-order valence-electron chi connectivity index (χ4n) is 2.11. The predicted octanol–water partition coefficient (Wildman–Crippen LogP) is 2.03. The Morgan fingerprint density at radius 2 is 2.00 bits per heavy atom. The average molecular weight is 292 g/mol. The van der Waals surface area contributed by atoms with Gasteiger partial charge in [-0.2, -0.15) is 0 Å². The number of aryl methyl sites for hydroxylation is 1. The van der Waals surface area contributed by atoms with Crippen molar-refractivity contribution in [3.63, 3.8) is 0 Å². The number of halogens is 1. The summed E-state index contributed by atoms with van der Waals surface area (Å²) in [6.45, 7) is 2.90. The van der Waals surface area contributed by atoms with Gasteiger partial charge >= 0.3 is 11.7 Å². The van der Waals surface area contributed by atoms with Crippen molar-refractivity contribution < 1.29 is 13.9 Å². The molecule has 2 aromatic rings. The van der Waals surface area contributed by atoms with Crippen LogP contribution in [0.2, 0.25) is 0 Å². The maximum absolute atomic E-state index is 13.8. The van der Waals surface area contributed by atoms with E-state index < -0.39 is 11.8 Å². The Morgan fingerprint density at radius 1 is 1.29 bits per heavy atom. The molecule has 1 aromatic heterocycles. The zero-order valence-electron chi connectivity index (χ0n) is 12.0. The number of carbonyl (C=O) groups is 1. The summed E-state index contributed by atoms with van der Waals surface area (Å²) in [7, 11) is 1.20. The minimum Gasteiger partial charge on any atom is -0.465 e. The van der Waals surface area contributed by atoms with Crippen LogP contribution in [0.4, 0.5) is 4.39 Å². The summed E-state index contributed by atoms with van der Waals surface area (Å²) < 4.78 is 21.4. The first-order chi connectivity index (χ1) is 10.1. The van der Waals surface area contributed by atoms with Gasteiger partial charge < -0.3 is 4.74 Å². The van der Waals surface area contributed by atoms with Gasteiger partial charge in [0.2, 0.25) is 0 Å². The molecule has 6 heteroatoms. The van der Waals surface area contributed by atoms with Gasteiger partial charge in [0.05, 0.1) is 19.2 Å². The van der Waals surface area contributed by atoms with Crippen LogP contribution in [0.1, 0.15) is 29.3 Å². The van der Waals surface area contributed by atoms with E-state index in [2.05, 4.69) is 4.74 Å². The summed E-state index contributed by atoms with van der Waals surface area (Å²) in [6.07, 6.45) is 4.25. The number of rotatable bonds is 5. The van der Waals surface area contributed by atoms with Crippen molar-refractivity contribution in [3.8, 4) is 0 Å². The topological polar surface area (TPSA) is 53.2 Å². The molecular weight excluding hydrogens is 275 g/mol. The third-order valence-corrected chi connectivity index (χ3v) is 3.17. The highest BCUT2D eigenvalue weighted by molar-refractivity contribution is 5.89. The first-order valence-corrected chi connectivity index (χ1v) is 6.69. The van der Waals surface area contributed by atoms with Gasteiger partial charge in [-0.1, -0.05) is 13.0 Å². The molecule has 0 radical (unpaired) electrons. The van der Waals surface area contributed by atoms with Gasteiger partial charge in [-0.3, -0.25) is 9.13 Å². The van der Waals surface area contributed by atoms with Gasteiger partial charge in [0.1, 0.15) is 5.82 Å². The van der Waals surface area contributed by atoms with E-state index >= 15 is 0 Å². The smallest absolute Gasteiger partial charge is 0.340 e. The lowest BCUT2D eigenvalue weighted by molar-refractivity contribution is 0.0595. The SMILES string of the molecule is CCCn1ccn(Cc2ccc(C(=O)OC)c(F)c2)c1=O. The lowest BCUT2D eigenvalue weighted by Crippen LogP contribution is -2.24. The van der Waals surface area contributed by atoms with Crippen molar-refractivity contribution in [3.05, 3.63) is 58.0 Å². The number of ether oxygens (including phenoxy) is 1. The van der Waals surface area contributed by atoms with E-state index in [0.717, 1.165) is 6.42 Å². The van der Waals surface area contributed by atoms with Crippen molar-refractivity contribution in [2.45, 2.75) is 26.4 Å². The van der Waals surface area contributed by atoms with Gasteiger partial charge in [-0.25, -0.2) is 14.0 Å². The lowest BCUT2D eigenvalue weighted by atomic mass is 10.1. The van der Waals surface area contributed by atoms with Crippen LogP contribution in [0.15, 0.2) is 35.4 Å². The molecule has 112 valence electrons. The Kier molecular flexibility index (Phi) is 4.57.